The summed E-state index contributed by atoms with van der Waals surface area (Å²) >= 11 is 0. The fourth-order valence-corrected chi connectivity index (χ4v) is 10.6. The summed E-state index contributed by atoms with van der Waals surface area (Å²) in [6.45, 7) is 11.8. The highest BCUT2D eigenvalue weighted by Crippen LogP contribution is 2.47. The molecule has 5 fully saturated rings. The minimum absolute atomic E-state index is 0.0168. The zero-order valence-electron chi connectivity index (χ0n) is 36.5. The Balaban J connectivity index is 1.13. The minimum Gasteiger partial charge on any atom is -0.492 e. The molecule has 8 rings (SSSR count). The number of nitrogens with one attached hydrogen (secondary N) is 3. The molecule has 1 aromatic carbocycles. The minimum atomic E-state index is -4.04. The molecule has 2 saturated heterocycles. The molecule has 4 heterocycles. The van der Waals surface area contributed by atoms with Gasteiger partial charge >= 0.3 is 12.2 Å². The van der Waals surface area contributed by atoms with Crippen molar-refractivity contribution in [3.05, 3.63) is 42.5 Å². The highest BCUT2D eigenvalue weighted by atomic mass is 32.2. The molecule has 8 atom stereocenters. The normalized spacial score (nSPS) is 30.6. The number of carboxylic acid groups (broad SMARTS) is 1. The first-order valence-electron chi connectivity index (χ1n) is 22.3. The molecule has 4 N–H and O–H groups in total. The number of sulfonamides is 1. The van der Waals surface area contributed by atoms with Gasteiger partial charge in [-0.2, -0.15) is 0 Å². The number of pyridine rings is 1. The molecule has 17 nitrogen and oxygen atoms in total. The average molecular weight is 893 g/mol. The van der Waals surface area contributed by atoms with Crippen molar-refractivity contribution in [1.29, 1.82) is 0 Å². The molecule has 6 aliphatic rings. The molecule has 63 heavy (non-hydrogen) atoms. The number of aromatic nitrogens is 1. The summed E-state index contributed by atoms with van der Waals surface area (Å²) in [5.74, 6) is -1.59. The topological polar surface area (TPSA) is 223 Å². The number of ether oxygens (including phenoxy) is 3. The summed E-state index contributed by atoms with van der Waals surface area (Å²) in [7, 11) is -4.04. The Morgan fingerprint density at radius 1 is 1.08 bits per heavy atom. The van der Waals surface area contributed by atoms with Crippen LogP contribution >= 0.6 is 0 Å². The Labute approximate surface area is 368 Å². The fraction of sp³-hybridized carbons (Fsp3) is 0.644. The molecule has 3 aliphatic heterocycles. The molecule has 18 heteroatoms. The fourth-order valence-electron chi connectivity index (χ4n) is 9.33. The number of carbonyl (C=O) groups excluding carboxylic acids is 4. The number of alkyl carbamates (subject to hydrolysis) is 1. The quantitative estimate of drug-likeness (QED) is 0.253. The van der Waals surface area contributed by atoms with Crippen molar-refractivity contribution in [2.24, 2.45) is 23.2 Å². The molecule has 0 spiro atoms. The van der Waals surface area contributed by atoms with Gasteiger partial charge in [-0.15, -0.1) is 6.58 Å². The number of likely N-dealkylation sites (tertiary alicyclic amines) is 1. The van der Waals surface area contributed by atoms with Crippen molar-refractivity contribution >= 4 is 50.8 Å². The second-order valence-corrected chi connectivity index (χ2v) is 22.0. The first kappa shape index (κ1) is 44.5. The third-order valence-electron chi connectivity index (χ3n) is 13.9. The lowest BCUT2D eigenvalue weighted by Crippen LogP contribution is -2.60. The SMILES string of the molecule is C=C[C@@H]1C[C@]1(NC(=O)[C@@H]1C[C@@H]2CN1C(=O)[C@H](C(C)(C)C)NC(=O)O[C@@H]1C[C@H]1CCCCCc1c(nc3ccccc3c1OC[C@H]1CCN(C(=O)O)C1)O2)C(=O)NS(=O)(=O)C1(C)CC1. The van der Waals surface area contributed by atoms with Crippen LogP contribution in [-0.4, -0.2) is 119 Å². The maximum atomic E-state index is 14.9. The Kier molecular flexibility index (Phi) is 11.8. The molecule has 0 radical (unpaired) electrons. The van der Waals surface area contributed by atoms with Gasteiger partial charge in [0.15, 0.2) is 0 Å². The van der Waals surface area contributed by atoms with Crippen LogP contribution < -0.4 is 24.8 Å². The maximum Gasteiger partial charge on any atom is 0.408 e. The van der Waals surface area contributed by atoms with E-state index in [0.717, 1.165) is 43.1 Å². The number of hydrogen-bond donors (Lipinski definition) is 4. The summed E-state index contributed by atoms with van der Waals surface area (Å²) in [4.78, 5) is 76.1. The van der Waals surface area contributed by atoms with E-state index >= 15 is 0 Å². The van der Waals surface area contributed by atoms with Crippen LogP contribution in [0.3, 0.4) is 0 Å². The first-order chi connectivity index (χ1) is 29.8. The zero-order valence-corrected chi connectivity index (χ0v) is 37.3. The van der Waals surface area contributed by atoms with Crippen LogP contribution in [0.15, 0.2) is 36.9 Å². The molecule has 3 aliphatic carbocycles. The molecule has 3 saturated carbocycles. The van der Waals surface area contributed by atoms with Gasteiger partial charge in [-0.3, -0.25) is 19.1 Å². The molecule has 342 valence electrons. The summed E-state index contributed by atoms with van der Waals surface area (Å²) in [6.07, 6.45) is 5.01. The van der Waals surface area contributed by atoms with Crippen molar-refractivity contribution < 1.29 is 51.7 Å². The average Bonchev–Trinajstić information content (AvgIpc) is 4.17. The lowest BCUT2D eigenvalue weighted by atomic mass is 9.85. The van der Waals surface area contributed by atoms with E-state index in [9.17, 15) is 37.5 Å². The largest absolute Gasteiger partial charge is 0.492 e. The predicted molar refractivity (Wildman–Crippen MR) is 230 cm³/mol. The molecule has 5 amide bonds. The van der Waals surface area contributed by atoms with Gasteiger partial charge in [0.05, 0.1) is 29.0 Å². The highest BCUT2D eigenvalue weighted by Gasteiger charge is 2.63. The van der Waals surface area contributed by atoms with Crippen molar-refractivity contribution in [2.75, 3.05) is 26.2 Å². The second kappa shape index (κ2) is 16.8. The Hall–Kier alpha value is -5.13. The van der Waals surface area contributed by atoms with Gasteiger partial charge in [0.25, 0.3) is 5.91 Å². The standard InChI is InChI=1S/C45H60N6O11S/c1-6-28-22-45(28,40(54)49-63(58,59)44(5)17-18-44)48-37(52)33-21-29-24-51(33)39(53)36(43(2,3)4)47-41(55)62-34-20-27(34)12-8-7-9-14-31-35(60-25-26-16-19-50(23-26)42(56)57)30-13-10-11-15-32(30)46-38(31)61-29/h6,10-11,13,15,26-29,33-34,36H,1,7-9,12,14,16-25H2,2-5H3,(H,47,55)(H,48,52)(H,49,54)(H,56,57)/t26-,27+,28+,29+,33-,34+,36+,45+/m0/s1. The number of nitrogens with zero attached hydrogens (tertiary/aromatic N) is 3. The molecular weight excluding hydrogens is 833 g/mol. The molecule has 0 unspecified atom stereocenters. The number of benzene rings is 1. The van der Waals surface area contributed by atoms with E-state index in [2.05, 4.69) is 21.9 Å². The lowest BCUT2D eigenvalue weighted by Gasteiger charge is -2.35. The second-order valence-electron chi connectivity index (χ2n) is 19.8. The van der Waals surface area contributed by atoms with Crippen LogP contribution in [0.5, 0.6) is 11.6 Å². The van der Waals surface area contributed by atoms with Gasteiger partial charge in [0.1, 0.15) is 35.6 Å². The van der Waals surface area contributed by atoms with E-state index in [-0.39, 0.29) is 43.9 Å². The number of para-hydroxylation sites is 1. The smallest absolute Gasteiger partial charge is 0.408 e. The van der Waals surface area contributed by atoms with Gasteiger partial charge in [-0.1, -0.05) is 51.8 Å². The van der Waals surface area contributed by atoms with Crippen LogP contribution in [0, 0.1) is 23.2 Å². The van der Waals surface area contributed by atoms with E-state index in [1.54, 1.807) is 27.7 Å². The highest BCUT2D eigenvalue weighted by molar-refractivity contribution is 7.91. The van der Waals surface area contributed by atoms with Crippen LogP contribution in [0.2, 0.25) is 0 Å². The number of amides is 5. The monoisotopic (exact) mass is 892 g/mol. The summed E-state index contributed by atoms with van der Waals surface area (Å²) in [6, 6.07) is 5.22. The molecular formula is C45H60N6O11S. The van der Waals surface area contributed by atoms with Crippen molar-refractivity contribution in [3.8, 4) is 11.6 Å². The van der Waals surface area contributed by atoms with Gasteiger partial charge in [-0.05, 0) is 81.8 Å². The van der Waals surface area contributed by atoms with Gasteiger partial charge < -0.3 is 39.8 Å². The third-order valence-corrected chi connectivity index (χ3v) is 16.1. The Morgan fingerprint density at radius 2 is 1.84 bits per heavy atom. The lowest BCUT2D eigenvalue weighted by molar-refractivity contribution is -0.142. The molecule has 2 aromatic rings. The summed E-state index contributed by atoms with van der Waals surface area (Å²) in [5, 5.41) is 16.0. The summed E-state index contributed by atoms with van der Waals surface area (Å²) in [5.41, 5.74) is -1.11. The van der Waals surface area contributed by atoms with Crippen molar-refractivity contribution in [1.82, 2.24) is 30.1 Å². The zero-order chi connectivity index (χ0) is 45.1. The van der Waals surface area contributed by atoms with Gasteiger partial charge in [0, 0.05) is 36.7 Å². The van der Waals surface area contributed by atoms with Crippen LogP contribution in [-0.2, 0) is 35.6 Å². The number of fused-ring (bicyclic) bond motifs is 5. The van der Waals surface area contributed by atoms with E-state index in [1.807, 2.05) is 24.3 Å². The third kappa shape index (κ3) is 9.14. The van der Waals surface area contributed by atoms with Gasteiger partial charge in [0.2, 0.25) is 27.7 Å². The predicted octanol–water partition coefficient (Wildman–Crippen LogP) is 4.67. The van der Waals surface area contributed by atoms with E-state index in [4.69, 9.17) is 19.2 Å². The van der Waals surface area contributed by atoms with E-state index in [1.165, 1.54) is 15.9 Å². The van der Waals surface area contributed by atoms with Crippen molar-refractivity contribution in [2.45, 2.75) is 133 Å². The first-order valence-corrected chi connectivity index (χ1v) is 23.8. The van der Waals surface area contributed by atoms with E-state index < -0.39 is 79.7 Å². The maximum absolute atomic E-state index is 14.9. The number of carbonyl (C=O) groups is 5. The van der Waals surface area contributed by atoms with Crippen LogP contribution in [0.4, 0.5) is 9.59 Å². The summed E-state index contributed by atoms with van der Waals surface area (Å²) < 4.78 is 46.7. The van der Waals surface area contributed by atoms with Crippen molar-refractivity contribution in [3.63, 3.8) is 0 Å². The molecule has 1 aromatic heterocycles. The Bertz CT molecular complexity index is 2300. The van der Waals surface area contributed by atoms with E-state index in [0.29, 0.717) is 55.9 Å². The number of hydrogen-bond acceptors (Lipinski definition) is 11. The number of rotatable bonds is 9. The van der Waals surface area contributed by atoms with Gasteiger partial charge in [-0.25, -0.2) is 23.0 Å². The Morgan fingerprint density at radius 3 is 2.52 bits per heavy atom. The van der Waals surface area contributed by atoms with Crippen LogP contribution in [0.1, 0.15) is 97.5 Å². The van der Waals surface area contributed by atoms with Crippen LogP contribution in [0.25, 0.3) is 10.9 Å². The molecule has 2 bridgehead atoms.